The monoisotopic (exact) mass is 263 g/mol. The minimum atomic E-state index is 0.569. The molecular formula is C18H33N. The number of nitrogens with zero attached hydrogens (tertiary/aromatic N) is 1. The molecule has 110 valence electrons. The topological polar surface area (TPSA) is 3.24 Å². The number of anilines is 1. The van der Waals surface area contributed by atoms with Crippen LogP contribution >= 0.6 is 0 Å². The molecule has 0 aliphatic heterocycles. The Morgan fingerprint density at radius 3 is 1.68 bits per heavy atom. The lowest BCUT2D eigenvalue weighted by molar-refractivity contribution is 0.641. The second-order valence-corrected chi connectivity index (χ2v) is 4.98. The first-order chi connectivity index (χ1) is 9.13. The summed E-state index contributed by atoms with van der Waals surface area (Å²) in [6.07, 6.45) is 2.47. The molecule has 0 aliphatic carbocycles. The van der Waals surface area contributed by atoms with E-state index < -0.39 is 0 Å². The minimum absolute atomic E-state index is 0.569. The third kappa shape index (κ3) is 5.26. The molecule has 1 heteroatoms. The zero-order valence-electron chi connectivity index (χ0n) is 14.0. The predicted octanol–water partition coefficient (Wildman–Crippen LogP) is 5.85. The van der Waals surface area contributed by atoms with Crippen molar-refractivity contribution in [2.75, 3.05) is 11.4 Å². The van der Waals surface area contributed by atoms with Gasteiger partial charge in [-0.15, -0.1) is 0 Å². The Balaban J connectivity index is 0.00000154. The summed E-state index contributed by atoms with van der Waals surface area (Å²) in [5.74, 6) is 0.721. The van der Waals surface area contributed by atoms with Crippen LogP contribution in [0.1, 0.15) is 72.8 Å². The van der Waals surface area contributed by atoms with E-state index in [1.54, 1.807) is 0 Å². The van der Waals surface area contributed by atoms with Crippen LogP contribution < -0.4 is 4.90 Å². The van der Waals surface area contributed by atoms with Gasteiger partial charge in [0.25, 0.3) is 0 Å². The Bertz CT molecular complexity index is 309. The molecular weight excluding hydrogens is 230 g/mol. The summed E-state index contributed by atoms with van der Waals surface area (Å²) in [6, 6.07) is 9.73. The summed E-state index contributed by atoms with van der Waals surface area (Å²) >= 11 is 0. The van der Waals surface area contributed by atoms with Crippen molar-refractivity contribution in [1.29, 1.82) is 0 Å². The molecule has 0 bridgehead atoms. The van der Waals surface area contributed by atoms with Gasteiger partial charge in [0.1, 0.15) is 0 Å². The highest BCUT2D eigenvalue weighted by Crippen LogP contribution is 2.25. The molecule has 1 aromatic rings. The van der Waals surface area contributed by atoms with Crippen LogP contribution in [0.15, 0.2) is 24.3 Å². The molecule has 0 N–H and O–H groups in total. The highest BCUT2D eigenvalue weighted by Gasteiger charge is 2.10. The largest absolute Gasteiger partial charge is 0.369 e. The Hall–Kier alpha value is -0.980. The second kappa shape index (κ2) is 9.89. The molecule has 0 aromatic heterocycles. The van der Waals surface area contributed by atoms with Crippen molar-refractivity contribution >= 4 is 5.69 Å². The van der Waals surface area contributed by atoms with Crippen LogP contribution in [-0.2, 0) is 0 Å². The Labute approximate surface area is 121 Å². The summed E-state index contributed by atoms with van der Waals surface area (Å²) in [5, 5.41) is 0. The van der Waals surface area contributed by atoms with Crippen molar-refractivity contribution < 1.29 is 0 Å². The van der Waals surface area contributed by atoms with Crippen molar-refractivity contribution in [2.45, 2.75) is 73.3 Å². The molecule has 0 spiro atoms. The molecule has 0 amide bonds. The lowest BCUT2D eigenvalue weighted by atomic mass is 9.94. The SMILES string of the molecule is CC.CCC(CC)c1ccc(N(CC)C(C)C)cc1. The van der Waals surface area contributed by atoms with Crippen molar-refractivity contribution in [2.24, 2.45) is 0 Å². The van der Waals surface area contributed by atoms with Gasteiger partial charge < -0.3 is 4.90 Å². The van der Waals surface area contributed by atoms with E-state index in [0.717, 1.165) is 12.5 Å². The predicted molar refractivity (Wildman–Crippen MR) is 89.3 cm³/mol. The average Bonchev–Trinajstić information content (AvgIpc) is 2.44. The van der Waals surface area contributed by atoms with E-state index in [1.165, 1.54) is 24.1 Å². The fraction of sp³-hybridized carbons (Fsp3) is 0.667. The fourth-order valence-corrected chi connectivity index (χ4v) is 2.54. The molecule has 19 heavy (non-hydrogen) atoms. The van der Waals surface area contributed by atoms with Gasteiger partial charge in [-0.05, 0) is 57.2 Å². The molecule has 1 nitrogen and oxygen atoms in total. The Morgan fingerprint density at radius 2 is 1.37 bits per heavy atom. The standard InChI is InChI=1S/C16H27N.C2H6/c1-6-14(7-2)15-9-11-16(12-10-15)17(8-3)13(4)5;1-2/h9-14H,6-8H2,1-5H3;1-2H3. The van der Waals surface area contributed by atoms with Crippen LogP contribution in [0.25, 0.3) is 0 Å². The molecule has 0 heterocycles. The first-order valence-corrected chi connectivity index (χ1v) is 8.00. The maximum absolute atomic E-state index is 2.43. The van der Waals surface area contributed by atoms with Gasteiger partial charge >= 0.3 is 0 Å². The van der Waals surface area contributed by atoms with E-state index in [-0.39, 0.29) is 0 Å². The van der Waals surface area contributed by atoms with E-state index in [1.807, 2.05) is 13.8 Å². The van der Waals surface area contributed by atoms with Crippen LogP contribution in [0.2, 0.25) is 0 Å². The zero-order valence-corrected chi connectivity index (χ0v) is 14.0. The van der Waals surface area contributed by atoms with Gasteiger partial charge in [-0.1, -0.05) is 39.8 Å². The van der Waals surface area contributed by atoms with Gasteiger partial charge in [-0.2, -0.15) is 0 Å². The van der Waals surface area contributed by atoms with Crippen molar-refractivity contribution in [3.8, 4) is 0 Å². The van der Waals surface area contributed by atoms with Gasteiger partial charge in [0.2, 0.25) is 0 Å². The molecule has 1 aromatic carbocycles. The Kier molecular flexibility index (Phi) is 9.38. The molecule has 0 radical (unpaired) electrons. The van der Waals surface area contributed by atoms with Crippen molar-refractivity contribution in [3.63, 3.8) is 0 Å². The van der Waals surface area contributed by atoms with Crippen molar-refractivity contribution in [3.05, 3.63) is 29.8 Å². The van der Waals surface area contributed by atoms with Crippen LogP contribution in [-0.4, -0.2) is 12.6 Å². The van der Waals surface area contributed by atoms with E-state index in [4.69, 9.17) is 0 Å². The van der Waals surface area contributed by atoms with Gasteiger partial charge in [0.15, 0.2) is 0 Å². The highest BCUT2D eigenvalue weighted by molar-refractivity contribution is 5.48. The van der Waals surface area contributed by atoms with E-state index in [0.29, 0.717) is 6.04 Å². The number of hydrogen-bond acceptors (Lipinski definition) is 1. The van der Waals surface area contributed by atoms with Crippen LogP contribution in [0.4, 0.5) is 5.69 Å². The first kappa shape index (κ1) is 18.0. The van der Waals surface area contributed by atoms with Crippen LogP contribution in [0.5, 0.6) is 0 Å². The molecule has 0 aliphatic rings. The van der Waals surface area contributed by atoms with Crippen molar-refractivity contribution in [1.82, 2.24) is 0 Å². The lowest BCUT2D eigenvalue weighted by Gasteiger charge is -2.28. The third-order valence-corrected chi connectivity index (χ3v) is 3.65. The number of hydrogen-bond donors (Lipinski definition) is 0. The van der Waals surface area contributed by atoms with Gasteiger partial charge in [0.05, 0.1) is 0 Å². The van der Waals surface area contributed by atoms with Gasteiger partial charge in [0, 0.05) is 18.3 Å². The van der Waals surface area contributed by atoms with Crippen LogP contribution in [0, 0.1) is 0 Å². The molecule has 1 rings (SSSR count). The minimum Gasteiger partial charge on any atom is -0.369 e. The third-order valence-electron chi connectivity index (χ3n) is 3.65. The fourth-order valence-electron chi connectivity index (χ4n) is 2.54. The maximum atomic E-state index is 2.43. The quantitative estimate of drug-likeness (QED) is 0.622. The number of benzene rings is 1. The summed E-state index contributed by atoms with van der Waals surface area (Å²) in [4.78, 5) is 2.43. The van der Waals surface area contributed by atoms with E-state index in [9.17, 15) is 0 Å². The summed E-state index contributed by atoms with van der Waals surface area (Å²) in [5.41, 5.74) is 2.83. The van der Waals surface area contributed by atoms with E-state index in [2.05, 4.69) is 63.8 Å². The summed E-state index contributed by atoms with van der Waals surface area (Å²) in [6.45, 7) is 16.3. The molecule has 0 saturated carbocycles. The maximum Gasteiger partial charge on any atom is 0.0368 e. The zero-order chi connectivity index (χ0) is 14.8. The lowest BCUT2D eigenvalue weighted by Crippen LogP contribution is -2.30. The van der Waals surface area contributed by atoms with Gasteiger partial charge in [-0.3, -0.25) is 0 Å². The normalized spacial score (nSPS) is 10.4. The molecule has 0 fully saturated rings. The van der Waals surface area contributed by atoms with E-state index >= 15 is 0 Å². The average molecular weight is 263 g/mol. The Morgan fingerprint density at radius 1 is 0.895 bits per heavy atom. The smallest absolute Gasteiger partial charge is 0.0368 e. The molecule has 0 saturated heterocycles. The highest BCUT2D eigenvalue weighted by atomic mass is 15.1. The summed E-state index contributed by atoms with van der Waals surface area (Å²) < 4.78 is 0. The summed E-state index contributed by atoms with van der Waals surface area (Å²) in [7, 11) is 0. The molecule has 0 atom stereocenters. The van der Waals surface area contributed by atoms with Gasteiger partial charge in [-0.25, -0.2) is 0 Å². The first-order valence-electron chi connectivity index (χ1n) is 8.00. The number of rotatable bonds is 6. The molecule has 0 unspecified atom stereocenters. The second-order valence-electron chi connectivity index (χ2n) is 4.98. The van der Waals surface area contributed by atoms with Crippen LogP contribution in [0.3, 0.4) is 0 Å².